The molecule has 3 aromatic rings. The van der Waals surface area contributed by atoms with E-state index in [4.69, 9.17) is 13.9 Å². The number of hydrazone groups is 1. The second-order valence-electron chi connectivity index (χ2n) is 6.61. The summed E-state index contributed by atoms with van der Waals surface area (Å²) >= 11 is 3.19. The van der Waals surface area contributed by atoms with Crippen molar-refractivity contribution in [3.63, 3.8) is 0 Å². The average Bonchev–Trinajstić information content (AvgIpc) is 3.43. The van der Waals surface area contributed by atoms with E-state index in [1.165, 1.54) is 17.1 Å². The minimum Gasteiger partial charge on any atom is -0.497 e. The predicted octanol–water partition coefficient (Wildman–Crippen LogP) is 4.95. The molecule has 30 heavy (non-hydrogen) atoms. The van der Waals surface area contributed by atoms with E-state index in [-0.39, 0.29) is 12.4 Å². The first-order valence-electron chi connectivity index (χ1n) is 9.20. The van der Waals surface area contributed by atoms with Crippen LogP contribution in [0, 0.1) is 5.82 Å². The van der Waals surface area contributed by atoms with Gasteiger partial charge in [-0.3, -0.25) is 4.79 Å². The van der Waals surface area contributed by atoms with Crippen LogP contribution < -0.4 is 9.47 Å². The number of halogens is 2. The van der Waals surface area contributed by atoms with Crippen molar-refractivity contribution in [1.82, 2.24) is 5.01 Å². The monoisotopic (exact) mass is 472 g/mol. The number of hydrogen-bond acceptors (Lipinski definition) is 5. The Morgan fingerprint density at radius 3 is 2.73 bits per heavy atom. The molecule has 1 aliphatic heterocycles. The molecular formula is C22H18BrFN2O4. The van der Waals surface area contributed by atoms with E-state index in [9.17, 15) is 9.18 Å². The maximum atomic E-state index is 14.0. The number of carbonyl (C=O) groups excluding carboxylic acids is 1. The van der Waals surface area contributed by atoms with Crippen molar-refractivity contribution in [3.05, 3.63) is 82.5 Å². The molecule has 8 heteroatoms. The Labute approximate surface area is 181 Å². The molecule has 0 bridgehead atoms. The maximum Gasteiger partial charge on any atom is 0.281 e. The zero-order valence-corrected chi connectivity index (χ0v) is 17.6. The van der Waals surface area contributed by atoms with Gasteiger partial charge in [-0.25, -0.2) is 9.40 Å². The highest BCUT2D eigenvalue weighted by Crippen LogP contribution is 2.33. The summed E-state index contributed by atoms with van der Waals surface area (Å²) in [6.45, 7) is -0.352. The number of amides is 1. The quantitative estimate of drug-likeness (QED) is 0.509. The summed E-state index contributed by atoms with van der Waals surface area (Å²) in [5.74, 6) is 0.397. The first-order chi connectivity index (χ1) is 14.5. The van der Waals surface area contributed by atoms with Gasteiger partial charge < -0.3 is 13.9 Å². The van der Waals surface area contributed by atoms with E-state index in [0.717, 1.165) is 17.0 Å². The third-order valence-corrected chi connectivity index (χ3v) is 5.20. The molecular weight excluding hydrogens is 455 g/mol. The van der Waals surface area contributed by atoms with Gasteiger partial charge in [0.25, 0.3) is 5.91 Å². The van der Waals surface area contributed by atoms with Gasteiger partial charge in [0.05, 0.1) is 19.1 Å². The number of rotatable bonds is 6. The standard InChI is InChI=1S/C22H18BrFN2O4/c1-28-16-7-4-14(5-8-16)18-12-19(21-3-2-10-29-21)26(25-18)22(27)13-30-20-9-6-15(23)11-17(20)24/h2-11,19H,12-13H2,1H3. The van der Waals surface area contributed by atoms with E-state index < -0.39 is 17.8 Å². The Kier molecular flexibility index (Phi) is 5.85. The molecule has 1 aromatic heterocycles. The zero-order valence-electron chi connectivity index (χ0n) is 16.0. The first kappa shape index (κ1) is 20.2. The van der Waals surface area contributed by atoms with Crippen LogP contribution in [0.25, 0.3) is 0 Å². The summed E-state index contributed by atoms with van der Waals surface area (Å²) in [5.41, 5.74) is 1.62. The van der Waals surface area contributed by atoms with Crippen LogP contribution in [0.4, 0.5) is 4.39 Å². The summed E-state index contributed by atoms with van der Waals surface area (Å²) in [4.78, 5) is 12.9. The lowest BCUT2D eigenvalue weighted by molar-refractivity contribution is -0.135. The molecule has 1 atom stereocenters. The zero-order chi connectivity index (χ0) is 21.1. The van der Waals surface area contributed by atoms with E-state index in [1.807, 2.05) is 24.3 Å². The van der Waals surface area contributed by atoms with Gasteiger partial charge in [0.1, 0.15) is 17.6 Å². The second kappa shape index (κ2) is 8.71. The fourth-order valence-corrected chi connectivity index (χ4v) is 3.53. The molecule has 1 amide bonds. The van der Waals surface area contributed by atoms with Crippen molar-refractivity contribution < 1.29 is 23.1 Å². The number of carbonyl (C=O) groups is 1. The van der Waals surface area contributed by atoms with Crippen molar-refractivity contribution in [2.45, 2.75) is 12.5 Å². The molecule has 154 valence electrons. The Hall–Kier alpha value is -3.13. The van der Waals surface area contributed by atoms with E-state index >= 15 is 0 Å². The van der Waals surface area contributed by atoms with Crippen molar-refractivity contribution in [2.24, 2.45) is 5.10 Å². The molecule has 0 saturated carbocycles. The van der Waals surface area contributed by atoms with Crippen LogP contribution >= 0.6 is 15.9 Å². The molecule has 4 rings (SSSR count). The second-order valence-corrected chi connectivity index (χ2v) is 7.53. The van der Waals surface area contributed by atoms with E-state index in [0.29, 0.717) is 16.7 Å². The molecule has 1 unspecified atom stereocenters. The summed E-state index contributed by atoms with van der Waals surface area (Å²) in [6, 6.07) is 15.0. The van der Waals surface area contributed by atoms with Crippen LogP contribution in [0.5, 0.6) is 11.5 Å². The smallest absolute Gasteiger partial charge is 0.281 e. The van der Waals surface area contributed by atoms with Crippen molar-refractivity contribution >= 4 is 27.5 Å². The van der Waals surface area contributed by atoms with Gasteiger partial charge in [-0.05, 0) is 60.2 Å². The minimum absolute atomic E-state index is 0.000321. The topological polar surface area (TPSA) is 64.3 Å². The fourth-order valence-electron chi connectivity index (χ4n) is 3.20. The van der Waals surface area contributed by atoms with Gasteiger partial charge >= 0.3 is 0 Å². The third-order valence-electron chi connectivity index (χ3n) is 4.71. The molecule has 0 aliphatic carbocycles. The minimum atomic E-state index is -0.552. The Morgan fingerprint density at radius 2 is 2.07 bits per heavy atom. The van der Waals surface area contributed by atoms with Crippen LogP contribution in [0.3, 0.4) is 0 Å². The van der Waals surface area contributed by atoms with Crippen molar-refractivity contribution in [3.8, 4) is 11.5 Å². The number of nitrogens with zero attached hydrogens (tertiary/aromatic N) is 2. The lowest BCUT2D eigenvalue weighted by Gasteiger charge is -2.20. The predicted molar refractivity (Wildman–Crippen MR) is 112 cm³/mol. The van der Waals surface area contributed by atoms with E-state index in [1.54, 1.807) is 31.6 Å². The lowest BCUT2D eigenvalue weighted by Crippen LogP contribution is -2.31. The maximum absolute atomic E-state index is 14.0. The summed E-state index contributed by atoms with van der Waals surface area (Å²) in [5, 5.41) is 5.86. The molecule has 2 aromatic carbocycles. The van der Waals surface area contributed by atoms with Crippen LogP contribution in [-0.4, -0.2) is 30.3 Å². The van der Waals surface area contributed by atoms with Gasteiger partial charge in [0, 0.05) is 10.9 Å². The van der Waals surface area contributed by atoms with Gasteiger partial charge in [-0.2, -0.15) is 5.10 Å². The van der Waals surface area contributed by atoms with Crippen LogP contribution in [-0.2, 0) is 4.79 Å². The SMILES string of the molecule is COc1ccc(C2=NN(C(=O)COc3ccc(Br)cc3F)C(c3ccco3)C2)cc1. The molecule has 6 nitrogen and oxygen atoms in total. The highest BCUT2D eigenvalue weighted by Gasteiger charge is 2.35. The largest absolute Gasteiger partial charge is 0.497 e. The average molecular weight is 473 g/mol. The molecule has 2 heterocycles. The van der Waals surface area contributed by atoms with Crippen LogP contribution in [0.15, 0.2) is 74.9 Å². The van der Waals surface area contributed by atoms with Gasteiger partial charge in [-0.1, -0.05) is 15.9 Å². The van der Waals surface area contributed by atoms with Crippen molar-refractivity contribution in [1.29, 1.82) is 0 Å². The Balaban J connectivity index is 1.55. The van der Waals surface area contributed by atoms with Gasteiger partial charge in [0.2, 0.25) is 0 Å². The summed E-state index contributed by atoms with van der Waals surface area (Å²) in [7, 11) is 1.60. The number of methoxy groups -OCH3 is 1. The molecule has 0 N–H and O–H groups in total. The third kappa shape index (κ3) is 4.23. The normalized spacial score (nSPS) is 15.8. The molecule has 1 aliphatic rings. The van der Waals surface area contributed by atoms with Gasteiger partial charge in [0.15, 0.2) is 18.2 Å². The Morgan fingerprint density at radius 1 is 1.27 bits per heavy atom. The molecule has 0 fully saturated rings. The summed E-state index contributed by atoms with van der Waals surface area (Å²) < 4.78 is 30.7. The molecule has 0 radical (unpaired) electrons. The first-order valence-corrected chi connectivity index (χ1v) is 9.99. The lowest BCUT2D eigenvalue weighted by atomic mass is 10.0. The van der Waals surface area contributed by atoms with Crippen molar-refractivity contribution in [2.75, 3.05) is 13.7 Å². The highest BCUT2D eigenvalue weighted by atomic mass is 79.9. The number of benzene rings is 2. The highest BCUT2D eigenvalue weighted by molar-refractivity contribution is 9.10. The number of hydrogen-bond donors (Lipinski definition) is 0. The van der Waals surface area contributed by atoms with Crippen LogP contribution in [0.2, 0.25) is 0 Å². The number of furan rings is 1. The van der Waals surface area contributed by atoms with E-state index in [2.05, 4.69) is 21.0 Å². The fraction of sp³-hybridized carbons (Fsp3) is 0.182. The molecule has 0 saturated heterocycles. The summed E-state index contributed by atoms with van der Waals surface area (Å²) in [6.07, 6.45) is 2.04. The van der Waals surface area contributed by atoms with Gasteiger partial charge in [-0.15, -0.1) is 0 Å². The number of ether oxygens (including phenoxy) is 2. The Bertz CT molecular complexity index is 1070. The van der Waals surface area contributed by atoms with Crippen LogP contribution in [0.1, 0.15) is 23.8 Å². The molecule has 0 spiro atoms.